The molecular formula is C18H19NO4. The Morgan fingerprint density at radius 2 is 2.00 bits per heavy atom. The van der Waals surface area contributed by atoms with Crippen molar-refractivity contribution in [1.29, 1.82) is 0 Å². The fraction of sp³-hybridized carbons (Fsp3) is 0.389. The summed E-state index contributed by atoms with van der Waals surface area (Å²) < 4.78 is 5.17. The van der Waals surface area contributed by atoms with Gasteiger partial charge in [-0.25, -0.2) is 4.90 Å². The number of nitrogens with zero attached hydrogens (tertiary/aromatic N) is 1. The Morgan fingerprint density at radius 1 is 1.26 bits per heavy atom. The molecule has 0 saturated carbocycles. The van der Waals surface area contributed by atoms with Gasteiger partial charge in [0.2, 0.25) is 11.8 Å². The van der Waals surface area contributed by atoms with Crippen molar-refractivity contribution in [3.8, 4) is 5.75 Å². The third-order valence-corrected chi connectivity index (χ3v) is 4.42. The van der Waals surface area contributed by atoms with Crippen molar-refractivity contribution in [1.82, 2.24) is 0 Å². The molecule has 2 atom stereocenters. The van der Waals surface area contributed by atoms with E-state index in [-0.39, 0.29) is 36.0 Å². The van der Waals surface area contributed by atoms with Gasteiger partial charge in [-0.1, -0.05) is 24.6 Å². The zero-order chi connectivity index (χ0) is 16.6. The number of benzene rings is 1. The highest BCUT2D eigenvalue weighted by molar-refractivity contribution is 6.22. The number of anilines is 1. The molecule has 1 fully saturated rings. The monoisotopic (exact) mass is 313 g/mol. The van der Waals surface area contributed by atoms with E-state index in [1.165, 1.54) is 4.90 Å². The van der Waals surface area contributed by atoms with Gasteiger partial charge in [-0.05, 0) is 31.9 Å². The van der Waals surface area contributed by atoms with Crippen LogP contribution in [0.5, 0.6) is 5.75 Å². The van der Waals surface area contributed by atoms with E-state index in [1.54, 1.807) is 31.2 Å². The predicted molar refractivity (Wildman–Crippen MR) is 84.8 cm³/mol. The fourth-order valence-electron chi connectivity index (χ4n) is 3.18. The fourth-order valence-corrected chi connectivity index (χ4v) is 3.18. The SMILES string of the molecule is CCC(=O)Oc1cccc(N2C(=O)C3CC=C(C)CC3C2=O)c1. The van der Waals surface area contributed by atoms with Crippen LogP contribution < -0.4 is 9.64 Å². The topological polar surface area (TPSA) is 63.7 Å². The van der Waals surface area contributed by atoms with Crippen molar-refractivity contribution >= 4 is 23.5 Å². The van der Waals surface area contributed by atoms with Gasteiger partial charge >= 0.3 is 5.97 Å². The molecule has 1 heterocycles. The van der Waals surface area contributed by atoms with Crippen molar-refractivity contribution in [2.24, 2.45) is 11.8 Å². The minimum Gasteiger partial charge on any atom is -0.426 e. The summed E-state index contributed by atoms with van der Waals surface area (Å²) in [6.45, 7) is 3.70. The van der Waals surface area contributed by atoms with Gasteiger partial charge in [-0.2, -0.15) is 0 Å². The lowest BCUT2D eigenvalue weighted by Crippen LogP contribution is -2.30. The molecule has 1 aromatic rings. The Labute approximate surface area is 134 Å². The Morgan fingerprint density at radius 3 is 2.74 bits per heavy atom. The highest BCUT2D eigenvalue weighted by atomic mass is 16.5. The second-order valence-electron chi connectivity index (χ2n) is 6.04. The summed E-state index contributed by atoms with van der Waals surface area (Å²) >= 11 is 0. The van der Waals surface area contributed by atoms with E-state index in [9.17, 15) is 14.4 Å². The maximum atomic E-state index is 12.7. The van der Waals surface area contributed by atoms with Crippen molar-refractivity contribution < 1.29 is 19.1 Å². The molecule has 3 rings (SSSR count). The minimum absolute atomic E-state index is 0.161. The molecule has 0 aromatic heterocycles. The molecule has 0 N–H and O–H groups in total. The van der Waals surface area contributed by atoms with Gasteiger partial charge in [-0.15, -0.1) is 0 Å². The standard InChI is InChI=1S/C18H19NO4/c1-3-16(20)23-13-6-4-5-12(10-13)19-17(21)14-8-7-11(2)9-15(14)18(19)22/h4-7,10,14-15H,3,8-9H2,1-2H3. The first-order chi connectivity index (χ1) is 11.0. The molecule has 5 heteroatoms. The highest BCUT2D eigenvalue weighted by Gasteiger charge is 2.48. The lowest BCUT2D eigenvalue weighted by atomic mass is 9.82. The van der Waals surface area contributed by atoms with E-state index < -0.39 is 0 Å². The number of carbonyl (C=O) groups is 3. The van der Waals surface area contributed by atoms with Crippen LogP contribution in [0, 0.1) is 11.8 Å². The van der Waals surface area contributed by atoms with E-state index in [4.69, 9.17) is 4.74 Å². The molecule has 2 amide bonds. The van der Waals surface area contributed by atoms with E-state index in [1.807, 2.05) is 13.0 Å². The maximum absolute atomic E-state index is 12.7. The van der Waals surface area contributed by atoms with Crippen LogP contribution in [-0.4, -0.2) is 17.8 Å². The molecule has 0 radical (unpaired) electrons. The second kappa shape index (κ2) is 5.99. The molecule has 2 aliphatic rings. The Balaban J connectivity index is 1.88. The molecule has 0 spiro atoms. The third kappa shape index (κ3) is 2.79. The lowest BCUT2D eigenvalue weighted by Gasteiger charge is -2.18. The number of hydrogen-bond acceptors (Lipinski definition) is 4. The molecule has 0 bridgehead atoms. The van der Waals surface area contributed by atoms with Crippen LogP contribution in [0.3, 0.4) is 0 Å². The molecule has 23 heavy (non-hydrogen) atoms. The summed E-state index contributed by atoms with van der Waals surface area (Å²) in [5.74, 6) is -0.870. The molecule has 2 unspecified atom stereocenters. The number of esters is 1. The summed E-state index contributed by atoms with van der Waals surface area (Å²) in [5.41, 5.74) is 1.62. The number of fused-ring (bicyclic) bond motifs is 1. The number of hydrogen-bond donors (Lipinski definition) is 0. The molecule has 1 aliphatic heterocycles. The Kier molecular flexibility index (Phi) is 4.03. The van der Waals surface area contributed by atoms with Crippen LogP contribution >= 0.6 is 0 Å². The van der Waals surface area contributed by atoms with Gasteiger partial charge in [0.1, 0.15) is 5.75 Å². The molecular weight excluding hydrogens is 294 g/mol. The smallest absolute Gasteiger partial charge is 0.310 e. The van der Waals surface area contributed by atoms with Gasteiger partial charge in [-0.3, -0.25) is 14.4 Å². The lowest BCUT2D eigenvalue weighted by molar-refractivity contribution is -0.134. The van der Waals surface area contributed by atoms with Crippen molar-refractivity contribution in [3.05, 3.63) is 35.9 Å². The predicted octanol–water partition coefficient (Wildman–Crippen LogP) is 2.85. The van der Waals surface area contributed by atoms with Crippen LogP contribution in [0.2, 0.25) is 0 Å². The van der Waals surface area contributed by atoms with Gasteiger partial charge in [0, 0.05) is 12.5 Å². The minimum atomic E-state index is -0.352. The van der Waals surface area contributed by atoms with Gasteiger partial charge in [0.15, 0.2) is 0 Å². The number of ether oxygens (including phenoxy) is 1. The average Bonchev–Trinajstić information content (AvgIpc) is 2.78. The van der Waals surface area contributed by atoms with Gasteiger partial charge in [0.25, 0.3) is 0 Å². The molecule has 1 saturated heterocycles. The van der Waals surface area contributed by atoms with Crippen molar-refractivity contribution in [3.63, 3.8) is 0 Å². The summed E-state index contributed by atoms with van der Waals surface area (Å²) in [6.07, 6.45) is 3.55. The van der Waals surface area contributed by atoms with Crippen LogP contribution in [-0.2, 0) is 14.4 Å². The van der Waals surface area contributed by atoms with Crippen molar-refractivity contribution in [2.75, 3.05) is 4.90 Å². The molecule has 1 aromatic carbocycles. The third-order valence-electron chi connectivity index (χ3n) is 4.42. The van der Waals surface area contributed by atoms with E-state index in [2.05, 4.69) is 0 Å². The van der Waals surface area contributed by atoms with Crippen LogP contribution in [0.15, 0.2) is 35.9 Å². The highest BCUT2D eigenvalue weighted by Crippen LogP contribution is 2.40. The summed E-state index contributed by atoms with van der Waals surface area (Å²) in [5, 5.41) is 0. The Hall–Kier alpha value is -2.43. The summed E-state index contributed by atoms with van der Waals surface area (Å²) in [7, 11) is 0. The number of amides is 2. The van der Waals surface area contributed by atoms with Crippen molar-refractivity contribution in [2.45, 2.75) is 33.1 Å². The number of rotatable bonds is 3. The first-order valence-corrected chi connectivity index (χ1v) is 7.85. The average molecular weight is 313 g/mol. The maximum Gasteiger partial charge on any atom is 0.310 e. The van der Waals surface area contributed by atoms with Crippen LogP contribution in [0.1, 0.15) is 33.1 Å². The first kappa shape index (κ1) is 15.5. The molecule has 1 aliphatic carbocycles. The zero-order valence-electron chi connectivity index (χ0n) is 13.2. The zero-order valence-corrected chi connectivity index (χ0v) is 13.2. The molecule has 120 valence electrons. The number of carbonyl (C=O) groups excluding carboxylic acids is 3. The first-order valence-electron chi connectivity index (χ1n) is 7.85. The summed E-state index contributed by atoms with van der Waals surface area (Å²) in [6, 6.07) is 6.58. The van der Waals surface area contributed by atoms with Crippen LogP contribution in [0.4, 0.5) is 5.69 Å². The van der Waals surface area contributed by atoms with Crippen LogP contribution in [0.25, 0.3) is 0 Å². The quantitative estimate of drug-likeness (QED) is 0.372. The number of imide groups is 1. The second-order valence-corrected chi connectivity index (χ2v) is 6.04. The van der Waals surface area contributed by atoms with Gasteiger partial charge in [0.05, 0.1) is 17.5 Å². The van der Waals surface area contributed by atoms with Gasteiger partial charge < -0.3 is 4.74 Å². The molecule has 5 nitrogen and oxygen atoms in total. The van der Waals surface area contributed by atoms with E-state index >= 15 is 0 Å². The van der Waals surface area contributed by atoms with E-state index in [0.29, 0.717) is 24.3 Å². The number of allylic oxidation sites excluding steroid dienone is 2. The summed E-state index contributed by atoms with van der Waals surface area (Å²) in [4.78, 5) is 37.9. The Bertz CT molecular complexity index is 707. The normalized spacial score (nSPS) is 23.6. The largest absolute Gasteiger partial charge is 0.426 e. The van der Waals surface area contributed by atoms with E-state index in [0.717, 1.165) is 5.57 Å².